The Labute approximate surface area is 205 Å². The summed E-state index contributed by atoms with van der Waals surface area (Å²) < 4.78 is 37.4. The van der Waals surface area contributed by atoms with E-state index in [1.807, 2.05) is 12.1 Å². The van der Waals surface area contributed by atoms with Gasteiger partial charge in [-0.2, -0.15) is 9.57 Å². The number of sulfonamides is 1. The molecule has 3 rings (SSSR count). The van der Waals surface area contributed by atoms with Crippen LogP contribution >= 0.6 is 0 Å². The molecule has 0 atom stereocenters. The van der Waals surface area contributed by atoms with Crippen LogP contribution in [0.5, 0.6) is 11.5 Å². The Hall–Kier alpha value is -3.93. The van der Waals surface area contributed by atoms with Crippen LogP contribution in [-0.2, 0) is 10.0 Å². The van der Waals surface area contributed by atoms with Crippen LogP contribution in [0.25, 0.3) is 11.6 Å². The molecule has 0 aromatic heterocycles. The van der Waals surface area contributed by atoms with E-state index in [2.05, 4.69) is 6.07 Å². The van der Waals surface area contributed by atoms with Gasteiger partial charge in [0.1, 0.15) is 11.5 Å². The number of hydrogen-bond donors (Lipinski definition) is 0. The van der Waals surface area contributed by atoms with E-state index in [1.54, 1.807) is 63.4 Å². The fraction of sp³-hybridized carbons (Fsp3) is 0.185. The van der Waals surface area contributed by atoms with Gasteiger partial charge >= 0.3 is 5.97 Å². The van der Waals surface area contributed by atoms with Crippen LogP contribution in [-0.4, -0.2) is 38.9 Å². The van der Waals surface area contributed by atoms with Crippen molar-refractivity contribution in [2.24, 2.45) is 0 Å². The Morgan fingerprint density at radius 3 is 2.31 bits per heavy atom. The minimum atomic E-state index is -3.61. The van der Waals surface area contributed by atoms with Crippen molar-refractivity contribution in [3.05, 3.63) is 89.5 Å². The lowest BCUT2D eigenvalue weighted by molar-refractivity contribution is 0.0734. The number of ether oxygens (including phenoxy) is 2. The van der Waals surface area contributed by atoms with Gasteiger partial charge in [0, 0.05) is 18.7 Å². The molecule has 0 aliphatic heterocycles. The van der Waals surface area contributed by atoms with Crippen molar-refractivity contribution in [1.82, 2.24) is 4.31 Å². The molecule has 0 radical (unpaired) electrons. The third kappa shape index (κ3) is 5.96. The van der Waals surface area contributed by atoms with Crippen LogP contribution in [0.4, 0.5) is 0 Å². The topological polar surface area (TPSA) is 96.7 Å². The Balaban J connectivity index is 1.80. The first-order valence-corrected chi connectivity index (χ1v) is 12.5. The van der Waals surface area contributed by atoms with Crippen LogP contribution in [0.1, 0.15) is 35.3 Å². The molecule has 7 nitrogen and oxygen atoms in total. The maximum atomic E-state index is 12.6. The average molecular weight is 491 g/mol. The van der Waals surface area contributed by atoms with E-state index in [1.165, 1.54) is 28.6 Å². The maximum absolute atomic E-state index is 12.6. The number of esters is 1. The molecule has 3 aromatic rings. The molecule has 0 N–H and O–H groups in total. The van der Waals surface area contributed by atoms with E-state index in [9.17, 15) is 18.5 Å². The van der Waals surface area contributed by atoms with Crippen molar-refractivity contribution in [2.45, 2.75) is 18.7 Å². The molecule has 0 spiro atoms. The lowest BCUT2D eigenvalue weighted by Crippen LogP contribution is -2.30. The quantitative estimate of drug-likeness (QED) is 0.181. The number of methoxy groups -OCH3 is 1. The van der Waals surface area contributed by atoms with Crippen molar-refractivity contribution in [3.8, 4) is 17.6 Å². The zero-order chi connectivity index (χ0) is 25.4. The lowest BCUT2D eigenvalue weighted by Gasteiger charge is -2.18. The molecule has 0 aliphatic carbocycles. The highest BCUT2D eigenvalue weighted by molar-refractivity contribution is 7.89. The second-order valence-corrected chi connectivity index (χ2v) is 9.38. The fourth-order valence-electron chi connectivity index (χ4n) is 3.51. The fourth-order valence-corrected chi connectivity index (χ4v) is 4.97. The summed E-state index contributed by atoms with van der Waals surface area (Å²) in [6.45, 7) is 4.26. The summed E-state index contributed by atoms with van der Waals surface area (Å²) in [5, 5.41) is 9.66. The predicted octanol–water partition coefficient (Wildman–Crippen LogP) is 5.01. The molecule has 0 saturated carbocycles. The molecular formula is C27H26N2O5S. The van der Waals surface area contributed by atoms with E-state index < -0.39 is 16.0 Å². The number of rotatable bonds is 9. The van der Waals surface area contributed by atoms with Crippen molar-refractivity contribution in [2.75, 3.05) is 20.2 Å². The van der Waals surface area contributed by atoms with Gasteiger partial charge in [-0.1, -0.05) is 38.1 Å². The van der Waals surface area contributed by atoms with Crippen LogP contribution in [0, 0.1) is 11.3 Å². The number of carbonyl (C=O) groups excluding carboxylic acids is 1. The summed E-state index contributed by atoms with van der Waals surface area (Å²) in [5.74, 6) is 0.249. The first-order valence-electron chi connectivity index (χ1n) is 11.0. The highest BCUT2D eigenvalue weighted by Crippen LogP contribution is 2.28. The van der Waals surface area contributed by atoms with E-state index in [4.69, 9.17) is 9.47 Å². The summed E-state index contributed by atoms with van der Waals surface area (Å²) in [7, 11) is -2.07. The largest absolute Gasteiger partial charge is 0.496 e. The standard InChI is InChI=1S/C27H26N2O5S/c1-4-29(5-2)35(31,32)24-15-13-21(14-16-24)27(30)34-23-10-8-9-20(18-23)17-22(19-28)25-11-6-7-12-26(25)33-3/h6-18H,4-5H2,1-3H3/b22-17-. The predicted molar refractivity (Wildman–Crippen MR) is 134 cm³/mol. The zero-order valence-electron chi connectivity index (χ0n) is 19.8. The molecule has 3 aromatic carbocycles. The van der Waals surface area contributed by atoms with Gasteiger partial charge < -0.3 is 9.47 Å². The molecule has 0 unspecified atom stereocenters. The van der Waals surface area contributed by atoms with E-state index >= 15 is 0 Å². The van der Waals surface area contributed by atoms with Gasteiger partial charge in [-0.25, -0.2) is 13.2 Å². The van der Waals surface area contributed by atoms with Gasteiger partial charge in [-0.05, 0) is 60.2 Å². The van der Waals surface area contributed by atoms with Gasteiger partial charge in [-0.15, -0.1) is 0 Å². The molecule has 35 heavy (non-hydrogen) atoms. The number of benzene rings is 3. The molecule has 0 saturated heterocycles. The number of hydrogen-bond acceptors (Lipinski definition) is 6. The third-order valence-corrected chi connectivity index (χ3v) is 7.39. The van der Waals surface area contributed by atoms with Crippen LogP contribution in [0.15, 0.2) is 77.7 Å². The molecule has 0 amide bonds. The van der Waals surface area contributed by atoms with Crippen LogP contribution in [0.2, 0.25) is 0 Å². The first-order chi connectivity index (χ1) is 16.8. The third-order valence-electron chi connectivity index (χ3n) is 5.33. The smallest absolute Gasteiger partial charge is 0.343 e. The van der Waals surface area contributed by atoms with Crippen molar-refractivity contribution < 1.29 is 22.7 Å². The molecule has 0 bridgehead atoms. The number of nitriles is 1. The summed E-state index contributed by atoms with van der Waals surface area (Å²) >= 11 is 0. The molecule has 180 valence electrons. The Morgan fingerprint density at radius 2 is 1.69 bits per heavy atom. The molecule has 0 aliphatic rings. The highest BCUT2D eigenvalue weighted by atomic mass is 32.2. The van der Waals surface area contributed by atoms with Crippen molar-refractivity contribution in [3.63, 3.8) is 0 Å². The Bertz CT molecular complexity index is 1370. The maximum Gasteiger partial charge on any atom is 0.343 e. The van der Waals surface area contributed by atoms with Gasteiger partial charge in [0.25, 0.3) is 0 Å². The van der Waals surface area contributed by atoms with Crippen molar-refractivity contribution in [1.29, 1.82) is 5.26 Å². The second kappa shape index (κ2) is 11.5. The summed E-state index contributed by atoms with van der Waals surface area (Å²) in [6.07, 6.45) is 1.68. The molecule has 8 heteroatoms. The Morgan fingerprint density at radius 1 is 1.00 bits per heavy atom. The average Bonchev–Trinajstić information content (AvgIpc) is 2.88. The van der Waals surface area contributed by atoms with Gasteiger partial charge in [0.2, 0.25) is 10.0 Å². The lowest BCUT2D eigenvalue weighted by atomic mass is 10.0. The van der Waals surface area contributed by atoms with E-state index in [-0.39, 0.29) is 10.5 Å². The SMILES string of the molecule is CCN(CC)S(=O)(=O)c1ccc(C(=O)Oc2cccc(/C=C(/C#N)c3ccccc3OC)c2)cc1. The minimum absolute atomic E-state index is 0.116. The van der Waals surface area contributed by atoms with E-state index in [0.717, 1.165) is 0 Å². The van der Waals surface area contributed by atoms with Crippen LogP contribution in [0.3, 0.4) is 0 Å². The zero-order valence-corrected chi connectivity index (χ0v) is 20.6. The number of allylic oxidation sites excluding steroid dienone is 1. The Kier molecular flexibility index (Phi) is 8.42. The summed E-state index contributed by atoms with van der Waals surface area (Å²) in [5.41, 5.74) is 1.94. The van der Waals surface area contributed by atoms with Crippen molar-refractivity contribution >= 4 is 27.6 Å². The molecule has 0 fully saturated rings. The number of para-hydroxylation sites is 1. The minimum Gasteiger partial charge on any atom is -0.496 e. The normalized spacial score (nSPS) is 11.7. The molecule has 0 heterocycles. The monoisotopic (exact) mass is 490 g/mol. The van der Waals surface area contributed by atoms with Gasteiger partial charge in [-0.3, -0.25) is 0 Å². The molecular weight excluding hydrogens is 464 g/mol. The highest BCUT2D eigenvalue weighted by Gasteiger charge is 2.22. The second-order valence-electron chi connectivity index (χ2n) is 7.45. The van der Waals surface area contributed by atoms with Crippen LogP contribution < -0.4 is 9.47 Å². The number of carbonyl (C=O) groups is 1. The first kappa shape index (κ1) is 25.7. The summed E-state index contributed by atoms with van der Waals surface area (Å²) in [4.78, 5) is 12.8. The summed E-state index contributed by atoms with van der Waals surface area (Å²) in [6, 6.07) is 21.8. The van der Waals surface area contributed by atoms with E-state index in [0.29, 0.717) is 41.3 Å². The van der Waals surface area contributed by atoms with Gasteiger partial charge in [0.05, 0.1) is 29.2 Å². The number of nitrogens with zero attached hydrogens (tertiary/aromatic N) is 2. The van der Waals surface area contributed by atoms with Gasteiger partial charge in [0.15, 0.2) is 0 Å².